The van der Waals surface area contributed by atoms with Crippen LogP contribution in [0.5, 0.6) is 5.75 Å². The lowest BCUT2D eigenvalue weighted by Crippen LogP contribution is -2.26. The zero-order valence-electron chi connectivity index (χ0n) is 17.3. The second-order valence-electron chi connectivity index (χ2n) is 6.98. The van der Waals surface area contributed by atoms with E-state index in [0.29, 0.717) is 22.6 Å². The molecule has 1 atom stereocenters. The zero-order valence-corrected chi connectivity index (χ0v) is 18.1. The molecule has 9 heteroatoms. The van der Waals surface area contributed by atoms with Gasteiger partial charge in [-0.25, -0.2) is 13.9 Å². The van der Waals surface area contributed by atoms with Crippen LogP contribution < -0.4 is 15.5 Å². The van der Waals surface area contributed by atoms with E-state index in [0.717, 1.165) is 5.56 Å². The molecular formula is C22H23N3O5S. The van der Waals surface area contributed by atoms with Gasteiger partial charge in [0.1, 0.15) is 5.75 Å². The molecule has 3 N–H and O–H groups in total. The highest BCUT2D eigenvalue weighted by Gasteiger charge is 2.31. The van der Waals surface area contributed by atoms with Crippen LogP contribution >= 0.6 is 0 Å². The molecule has 3 rings (SSSR count). The molecule has 0 aliphatic rings. The van der Waals surface area contributed by atoms with Crippen LogP contribution in [0.1, 0.15) is 32.4 Å². The predicted octanol–water partition coefficient (Wildman–Crippen LogP) is 3.41. The number of hydrogen-bond donors (Lipinski definition) is 3. The molecule has 0 saturated carbocycles. The number of anilines is 1. The number of methoxy groups -OCH3 is 1. The summed E-state index contributed by atoms with van der Waals surface area (Å²) in [5, 5.41) is 10.9. The van der Waals surface area contributed by atoms with E-state index in [-0.39, 0.29) is 10.5 Å². The molecule has 162 valence electrons. The van der Waals surface area contributed by atoms with Crippen LogP contribution in [0.3, 0.4) is 0 Å². The van der Waals surface area contributed by atoms with Gasteiger partial charge in [-0.2, -0.15) is 0 Å². The number of benzene rings is 2. The summed E-state index contributed by atoms with van der Waals surface area (Å²) in [7, 11) is -2.46. The van der Waals surface area contributed by atoms with E-state index in [9.17, 15) is 13.2 Å². The van der Waals surface area contributed by atoms with Gasteiger partial charge in [0.15, 0.2) is 5.37 Å². The molecule has 0 radical (unpaired) electrons. The molecule has 0 bridgehead atoms. The van der Waals surface area contributed by atoms with Gasteiger partial charge >= 0.3 is 0 Å². The monoisotopic (exact) mass is 441 g/mol. The molecule has 8 nitrogen and oxygen atoms in total. The van der Waals surface area contributed by atoms with Gasteiger partial charge < -0.3 is 10.1 Å². The molecule has 0 spiro atoms. The van der Waals surface area contributed by atoms with E-state index in [4.69, 9.17) is 9.94 Å². The van der Waals surface area contributed by atoms with Crippen LogP contribution in [0.15, 0.2) is 65.8 Å². The highest BCUT2D eigenvalue weighted by molar-refractivity contribution is 7.91. The fourth-order valence-corrected chi connectivity index (χ4v) is 4.86. The number of aromatic nitrogens is 1. The Kier molecular flexibility index (Phi) is 6.57. The van der Waals surface area contributed by atoms with Gasteiger partial charge in [-0.05, 0) is 61.4 Å². The van der Waals surface area contributed by atoms with E-state index >= 15 is 0 Å². The Hall–Kier alpha value is -3.43. The minimum Gasteiger partial charge on any atom is -0.497 e. The van der Waals surface area contributed by atoms with Crippen LogP contribution in [0.25, 0.3) is 0 Å². The molecule has 3 aromatic rings. The number of carbonyl (C=O) groups excluding carboxylic acids is 1. The molecule has 0 aliphatic carbocycles. The Morgan fingerprint density at radius 1 is 1.13 bits per heavy atom. The summed E-state index contributed by atoms with van der Waals surface area (Å²) in [4.78, 5) is 16.4. The van der Waals surface area contributed by atoms with E-state index in [2.05, 4.69) is 10.3 Å². The fourth-order valence-electron chi connectivity index (χ4n) is 3.30. The summed E-state index contributed by atoms with van der Waals surface area (Å²) < 4.78 is 32.3. The Labute approximate surface area is 180 Å². The summed E-state index contributed by atoms with van der Waals surface area (Å²) in [5.41, 5.74) is 3.87. The number of sulfone groups is 1. The van der Waals surface area contributed by atoms with E-state index in [1.165, 1.54) is 25.4 Å². The van der Waals surface area contributed by atoms with Crippen LogP contribution in [0, 0.1) is 13.8 Å². The van der Waals surface area contributed by atoms with Gasteiger partial charge in [0, 0.05) is 18.0 Å². The van der Waals surface area contributed by atoms with E-state index in [1.807, 2.05) is 6.07 Å². The van der Waals surface area contributed by atoms with Gasteiger partial charge in [0.25, 0.3) is 5.91 Å². The number of rotatable bonds is 7. The maximum Gasteiger partial charge on any atom is 0.276 e. The van der Waals surface area contributed by atoms with Crippen molar-refractivity contribution >= 4 is 21.4 Å². The van der Waals surface area contributed by atoms with E-state index in [1.54, 1.807) is 55.9 Å². The Morgan fingerprint density at radius 3 is 2.42 bits per heavy atom. The third-order valence-electron chi connectivity index (χ3n) is 4.79. The van der Waals surface area contributed by atoms with Crippen LogP contribution in [-0.2, 0) is 9.84 Å². The van der Waals surface area contributed by atoms with Crippen molar-refractivity contribution in [2.24, 2.45) is 0 Å². The van der Waals surface area contributed by atoms with Crippen molar-refractivity contribution in [3.8, 4) is 5.75 Å². The van der Waals surface area contributed by atoms with Crippen molar-refractivity contribution in [3.63, 3.8) is 0 Å². The maximum atomic E-state index is 13.6. The van der Waals surface area contributed by atoms with Crippen LogP contribution in [-0.4, -0.2) is 31.6 Å². The molecule has 0 fully saturated rings. The predicted molar refractivity (Wildman–Crippen MR) is 116 cm³/mol. The molecule has 1 aromatic heterocycles. The van der Waals surface area contributed by atoms with Crippen molar-refractivity contribution in [3.05, 3.63) is 83.2 Å². The fraction of sp³-hybridized carbons (Fsp3) is 0.182. The molecule has 1 heterocycles. The third-order valence-corrected chi connectivity index (χ3v) is 6.73. The average molecular weight is 442 g/mol. The van der Waals surface area contributed by atoms with Gasteiger partial charge in [-0.3, -0.25) is 15.0 Å². The highest BCUT2D eigenvalue weighted by Crippen LogP contribution is 2.34. The lowest BCUT2D eigenvalue weighted by Gasteiger charge is -2.24. The minimum atomic E-state index is -3.95. The number of hydroxylamine groups is 1. The van der Waals surface area contributed by atoms with Crippen LogP contribution in [0.4, 0.5) is 5.69 Å². The minimum absolute atomic E-state index is 0.0765. The van der Waals surface area contributed by atoms with Crippen LogP contribution in [0.2, 0.25) is 0 Å². The summed E-state index contributed by atoms with van der Waals surface area (Å²) in [5.74, 6) is -0.220. The normalized spacial score (nSPS) is 12.1. The van der Waals surface area contributed by atoms with Crippen molar-refractivity contribution in [2.75, 3.05) is 12.4 Å². The summed E-state index contributed by atoms with van der Waals surface area (Å²) >= 11 is 0. The molecule has 31 heavy (non-hydrogen) atoms. The smallest absolute Gasteiger partial charge is 0.276 e. The lowest BCUT2D eigenvalue weighted by atomic mass is 10.0. The van der Waals surface area contributed by atoms with Crippen molar-refractivity contribution in [1.29, 1.82) is 0 Å². The third kappa shape index (κ3) is 4.68. The number of pyridine rings is 1. The standard InChI is InChI=1S/C22H23N3O5S/c1-14-11-15(2)20(19(12-14)21(26)25-27)24-22(16-5-4-10-23-13-16)31(28,29)18-8-6-17(30-3)7-9-18/h4-13,22,24,27H,1-3H3,(H,25,26). The van der Waals surface area contributed by atoms with Gasteiger partial charge in [0.2, 0.25) is 9.84 Å². The maximum absolute atomic E-state index is 13.6. The first-order chi connectivity index (χ1) is 14.8. The van der Waals surface area contributed by atoms with Crippen molar-refractivity contribution in [2.45, 2.75) is 24.1 Å². The first-order valence-electron chi connectivity index (χ1n) is 9.38. The van der Waals surface area contributed by atoms with Gasteiger partial charge in [0.05, 0.1) is 23.3 Å². The second kappa shape index (κ2) is 9.15. The summed E-state index contributed by atoms with van der Waals surface area (Å²) in [6.45, 7) is 3.56. The SMILES string of the molecule is COc1ccc(S(=O)(=O)C(Nc2c(C)cc(C)cc2C(=O)NO)c2cccnc2)cc1. The number of amides is 1. The molecule has 0 aliphatic heterocycles. The van der Waals surface area contributed by atoms with Gasteiger partial charge in [-0.1, -0.05) is 12.1 Å². The van der Waals surface area contributed by atoms with Crippen molar-refractivity contribution in [1.82, 2.24) is 10.5 Å². The molecule has 0 saturated heterocycles. The quantitative estimate of drug-likeness (QED) is 0.380. The number of ether oxygens (including phenoxy) is 1. The second-order valence-corrected chi connectivity index (χ2v) is 9.01. The lowest BCUT2D eigenvalue weighted by molar-refractivity contribution is 0.0707. The summed E-state index contributed by atoms with van der Waals surface area (Å²) in [6.07, 6.45) is 3.00. The first-order valence-corrected chi connectivity index (χ1v) is 10.9. The first kappa shape index (κ1) is 22.3. The number of hydrogen-bond acceptors (Lipinski definition) is 7. The molecule has 1 amide bonds. The molecule has 1 unspecified atom stereocenters. The number of nitrogens with one attached hydrogen (secondary N) is 2. The molecular weight excluding hydrogens is 418 g/mol. The Bertz CT molecular complexity index is 1180. The van der Waals surface area contributed by atoms with E-state index < -0.39 is 21.1 Å². The zero-order chi connectivity index (χ0) is 22.6. The Balaban J connectivity index is 2.15. The van der Waals surface area contributed by atoms with Crippen molar-refractivity contribution < 1.29 is 23.2 Å². The largest absolute Gasteiger partial charge is 0.497 e. The topological polar surface area (TPSA) is 118 Å². The number of aryl methyl sites for hydroxylation is 2. The average Bonchev–Trinajstić information content (AvgIpc) is 2.78. The Morgan fingerprint density at radius 2 is 1.84 bits per heavy atom. The summed E-state index contributed by atoms with van der Waals surface area (Å²) in [6, 6.07) is 12.7. The highest BCUT2D eigenvalue weighted by atomic mass is 32.2. The number of carbonyl (C=O) groups is 1. The molecule has 2 aromatic carbocycles. The number of nitrogens with zero attached hydrogens (tertiary/aromatic N) is 1. The van der Waals surface area contributed by atoms with Gasteiger partial charge in [-0.15, -0.1) is 0 Å².